The van der Waals surface area contributed by atoms with Crippen LogP contribution in [0.2, 0.25) is 5.02 Å². The molecule has 0 radical (unpaired) electrons. The SMILES string of the molecule is O=[N+]([O-])c1ccc(N/N=C/c2c(F)cccc2F)c(S(=O)(=O)Nc2ccccc2Cl)c1. The highest BCUT2D eigenvalue weighted by Crippen LogP contribution is 2.30. The Labute approximate surface area is 180 Å². The summed E-state index contributed by atoms with van der Waals surface area (Å²) in [5.41, 5.74) is 1.30. The van der Waals surface area contributed by atoms with Crippen molar-refractivity contribution in [2.24, 2.45) is 5.10 Å². The van der Waals surface area contributed by atoms with Crippen LogP contribution in [-0.2, 0) is 10.0 Å². The molecule has 0 saturated carbocycles. The van der Waals surface area contributed by atoms with Crippen molar-refractivity contribution in [2.45, 2.75) is 4.90 Å². The Kier molecular flexibility index (Phi) is 6.47. The lowest BCUT2D eigenvalue weighted by Gasteiger charge is -2.13. The van der Waals surface area contributed by atoms with E-state index in [2.05, 4.69) is 15.2 Å². The predicted molar refractivity (Wildman–Crippen MR) is 113 cm³/mol. The molecule has 0 fully saturated rings. The van der Waals surface area contributed by atoms with Crippen LogP contribution in [0, 0.1) is 21.7 Å². The van der Waals surface area contributed by atoms with Gasteiger partial charge >= 0.3 is 0 Å². The van der Waals surface area contributed by atoms with Crippen molar-refractivity contribution >= 4 is 44.9 Å². The zero-order valence-electron chi connectivity index (χ0n) is 15.4. The lowest BCUT2D eigenvalue weighted by molar-refractivity contribution is -0.385. The molecule has 12 heteroatoms. The molecular weight excluding hydrogens is 454 g/mol. The van der Waals surface area contributed by atoms with E-state index in [0.717, 1.165) is 36.5 Å². The summed E-state index contributed by atoms with van der Waals surface area (Å²) in [5.74, 6) is -1.75. The summed E-state index contributed by atoms with van der Waals surface area (Å²) in [6.07, 6.45) is 0.823. The van der Waals surface area contributed by atoms with Crippen LogP contribution in [0.1, 0.15) is 5.56 Å². The van der Waals surface area contributed by atoms with Crippen LogP contribution < -0.4 is 10.1 Å². The molecule has 0 unspecified atom stereocenters. The van der Waals surface area contributed by atoms with Gasteiger partial charge in [0.15, 0.2) is 0 Å². The number of nitrogens with zero attached hydrogens (tertiary/aromatic N) is 2. The maximum atomic E-state index is 13.7. The quantitative estimate of drug-likeness (QED) is 0.295. The Morgan fingerprint density at radius 3 is 2.32 bits per heavy atom. The number of non-ortho nitro benzene ring substituents is 1. The number of hydrazone groups is 1. The van der Waals surface area contributed by atoms with Gasteiger partial charge in [0.2, 0.25) is 0 Å². The Morgan fingerprint density at radius 2 is 1.68 bits per heavy atom. The number of hydrogen-bond donors (Lipinski definition) is 2. The fourth-order valence-electron chi connectivity index (χ4n) is 2.48. The number of sulfonamides is 1. The normalized spacial score (nSPS) is 11.5. The molecule has 0 aromatic heterocycles. The fourth-order valence-corrected chi connectivity index (χ4v) is 3.98. The van der Waals surface area contributed by atoms with Crippen molar-refractivity contribution in [1.29, 1.82) is 0 Å². The summed E-state index contributed by atoms with van der Waals surface area (Å²) >= 11 is 5.97. The lowest BCUT2D eigenvalue weighted by atomic mass is 10.2. The Bertz CT molecular complexity index is 1270. The van der Waals surface area contributed by atoms with Gasteiger partial charge in [-0.05, 0) is 30.3 Å². The minimum absolute atomic E-state index is 0.0542. The standard InChI is InChI=1S/C19H13ClF2N4O4S/c20-14-4-1-2-7-17(14)25-31(29,30)19-10-12(26(27)28)8-9-18(19)24-23-11-13-15(21)5-3-6-16(13)22/h1-11,24-25H/b23-11+. The molecular formula is C19H13ClF2N4O4S. The molecule has 0 atom stereocenters. The number of nitro benzene ring substituents is 1. The molecule has 0 aliphatic heterocycles. The van der Waals surface area contributed by atoms with Crippen LogP contribution in [0.4, 0.5) is 25.8 Å². The monoisotopic (exact) mass is 466 g/mol. The van der Waals surface area contributed by atoms with Gasteiger partial charge in [-0.25, -0.2) is 17.2 Å². The van der Waals surface area contributed by atoms with Crippen molar-refractivity contribution in [2.75, 3.05) is 10.1 Å². The largest absolute Gasteiger partial charge is 0.278 e. The number of anilines is 2. The molecule has 31 heavy (non-hydrogen) atoms. The molecule has 8 nitrogen and oxygen atoms in total. The Balaban J connectivity index is 1.99. The summed E-state index contributed by atoms with van der Waals surface area (Å²) in [6, 6.07) is 12.2. The van der Waals surface area contributed by atoms with E-state index in [9.17, 15) is 27.3 Å². The number of para-hydroxylation sites is 1. The number of nitrogens with one attached hydrogen (secondary N) is 2. The Hall–Kier alpha value is -3.57. The van der Waals surface area contributed by atoms with Crippen molar-refractivity contribution in [3.63, 3.8) is 0 Å². The number of benzene rings is 3. The van der Waals surface area contributed by atoms with Crippen molar-refractivity contribution in [1.82, 2.24) is 0 Å². The first-order valence-corrected chi connectivity index (χ1v) is 10.3. The van der Waals surface area contributed by atoms with Gasteiger partial charge in [-0.2, -0.15) is 5.10 Å². The van der Waals surface area contributed by atoms with Crippen LogP contribution in [0.15, 0.2) is 70.7 Å². The third kappa shape index (κ3) is 5.13. The second kappa shape index (κ2) is 9.06. The molecule has 2 N–H and O–H groups in total. The van der Waals surface area contributed by atoms with Gasteiger partial charge in [-0.1, -0.05) is 29.8 Å². The third-order valence-electron chi connectivity index (χ3n) is 3.96. The maximum Gasteiger partial charge on any atom is 0.270 e. The van der Waals surface area contributed by atoms with Gasteiger partial charge in [0.25, 0.3) is 15.7 Å². The zero-order chi connectivity index (χ0) is 22.6. The zero-order valence-corrected chi connectivity index (χ0v) is 17.0. The maximum absolute atomic E-state index is 13.7. The molecule has 0 heterocycles. The van der Waals surface area contributed by atoms with E-state index in [1.165, 1.54) is 18.2 Å². The molecule has 0 spiro atoms. The lowest BCUT2D eigenvalue weighted by Crippen LogP contribution is -2.15. The predicted octanol–water partition coefficient (Wildman–Crippen LogP) is 4.77. The average molecular weight is 467 g/mol. The summed E-state index contributed by atoms with van der Waals surface area (Å²) < 4.78 is 55.4. The first-order chi connectivity index (χ1) is 14.7. The number of hydrogen-bond acceptors (Lipinski definition) is 6. The van der Waals surface area contributed by atoms with Gasteiger partial charge in [0.05, 0.1) is 33.1 Å². The molecule has 0 amide bonds. The number of rotatable bonds is 7. The van der Waals surface area contributed by atoms with E-state index >= 15 is 0 Å². The van der Waals surface area contributed by atoms with Crippen molar-refractivity contribution in [3.8, 4) is 0 Å². The van der Waals surface area contributed by atoms with Crippen LogP contribution in [-0.4, -0.2) is 19.6 Å². The summed E-state index contributed by atoms with van der Waals surface area (Å²) in [7, 11) is -4.36. The van der Waals surface area contributed by atoms with Crippen LogP contribution in [0.3, 0.4) is 0 Å². The highest BCUT2D eigenvalue weighted by Gasteiger charge is 2.23. The van der Waals surface area contributed by atoms with E-state index < -0.39 is 42.7 Å². The first kappa shape index (κ1) is 22.1. The smallest absolute Gasteiger partial charge is 0.270 e. The topological polar surface area (TPSA) is 114 Å². The number of halogens is 3. The highest BCUT2D eigenvalue weighted by atomic mass is 35.5. The van der Waals surface area contributed by atoms with E-state index in [1.54, 1.807) is 12.1 Å². The first-order valence-electron chi connectivity index (χ1n) is 8.48. The van der Waals surface area contributed by atoms with Gasteiger partial charge in [0, 0.05) is 12.1 Å². The molecule has 0 bridgehead atoms. The fraction of sp³-hybridized carbons (Fsp3) is 0. The summed E-state index contributed by atoms with van der Waals surface area (Å²) in [5, 5.41) is 14.9. The van der Waals surface area contributed by atoms with Crippen LogP contribution in [0.5, 0.6) is 0 Å². The molecule has 0 aliphatic rings. The molecule has 0 aliphatic carbocycles. The second-order valence-electron chi connectivity index (χ2n) is 6.03. The van der Waals surface area contributed by atoms with Gasteiger partial charge in [-0.3, -0.25) is 20.3 Å². The molecule has 3 aromatic carbocycles. The van der Waals surface area contributed by atoms with E-state index in [1.807, 2.05) is 0 Å². The number of nitro groups is 1. The Morgan fingerprint density at radius 1 is 1.00 bits per heavy atom. The third-order valence-corrected chi connectivity index (χ3v) is 5.70. The second-order valence-corrected chi connectivity index (χ2v) is 8.09. The van der Waals surface area contributed by atoms with Crippen molar-refractivity contribution < 1.29 is 22.1 Å². The molecule has 0 saturated heterocycles. The molecule has 3 aromatic rings. The average Bonchev–Trinajstić information content (AvgIpc) is 2.71. The van der Waals surface area contributed by atoms with Gasteiger partial charge in [-0.15, -0.1) is 0 Å². The van der Waals surface area contributed by atoms with Gasteiger partial charge < -0.3 is 0 Å². The minimum Gasteiger partial charge on any atom is -0.278 e. The van der Waals surface area contributed by atoms with E-state index in [-0.39, 0.29) is 16.4 Å². The summed E-state index contributed by atoms with van der Waals surface area (Å²) in [4.78, 5) is 9.83. The van der Waals surface area contributed by atoms with Gasteiger partial charge in [0.1, 0.15) is 16.5 Å². The molecule has 3 rings (SSSR count). The van der Waals surface area contributed by atoms with Crippen LogP contribution in [0.25, 0.3) is 0 Å². The molecule has 160 valence electrons. The summed E-state index contributed by atoms with van der Waals surface area (Å²) in [6.45, 7) is 0. The van der Waals surface area contributed by atoms with Crippen molar-refractivity contribution in [3.05, 3.63) is 93.0 Å². The minimum atomic E-state index is -4.36. The van der Waals surface area contributed by atoms with E-state index in [4.69, 9.17) is 11.6 Å². The highest BCUT2D eigenvalue weighted by molar-refractivity contribution is 7.93. The van der Waals surface area contributed by atoms with E-state index in [0.29, 0.717) is 0 Å². The van der Waals surface area contributed by atoms with Crippen LogP contribution >= 0.6 is 11.6 Å².